The third-order valence-electron chi connectivity index (χ3n) is 3.43. The van der Waals surface area contributed by atoms with Crippen LogP contribution in [0.5, 0.6) is 0 Å². The van der Waals surface area contributed by atoms with Gasteiger partial charge in [0.15, 0.2) is 8.32 Å². The summed E-state index contributed by atoms with van der Waals surface area (Å²) in [6, 6.07) is 2.93. The summed E-state index contributed by atoms with van der Waals surface area (Å²) < 4.78 is 6.22. The zero-order chi connectivity index (χ0) is 12.8. The van der Waals surface area contributed by atoms with Crippen molar-refractivity contribution in [3.05, 3.63) is 0 Å². The Kier molecular flexibility index (Phi) is 7.47. The molecule has 0 aromatic carbocycles. The van der Waals surface area contributed by atoms with E-state index in [2.05, 4.69) is 58.4 Å². The topological polar surface area (TPSA) is 15.7 Å². The second-order valence-electron chi connectivity index (χ2n) is 5.35. The Bertz CT molecular complexity index is 182. The number of hydrogen-bond donors (Lipinski definition) is 0. The lowest BCUT2D eigenvalue weighted by Gasteiger charge is -2.32. The number of hydrogen-bond acceptors (Lipinski definition) is 3. The predicted octanol–water partition coefficient (Wildman–Crippen LogP) is 2.11. The summed E-state index contributed by atoms with van der Waals surface area (Å²) in [5.74, 6) is 0. The van der Waals surface area contributed by atoms with E-state index < -0.39 is 8.32 Å². The van der Waals surface area contributed by atoms with E-state index in [-0.39, 0.29) is 0 Å². The molecule has 0 spiro atoms. The predicted molar refractivity (Wildman–Crippen MR) is 74.6 cm³/mol. The highest BCUT2D eigenvalue weighted by Crippen LogP contribution is 2.16. The van der Waals surface area contributed by atoms with Gasteiger partial charge in [0, 0.05) is 12.6 Å². The Labute approximate surface area is 103 Å². The highest BCUT2D eigenvalue weighted by molar-refractivity contribution is 6.72. The van der Waals surface area contributed by atoms with Crippen LogP contribution in [-0.4, -0.2) is 65.5 Å². The molecule has 1 atom stereocenters. The van der Waals surface area contributed by atoms with Gasteiger partial charge in [-0.05, 0) is 46.8 Å². The van der Waals surface area contributed by atoms with Crippen molar-refractivity contribution in [3.63, 3.8) is 0 Å². The lowest BCUT2D eigenvalue weighted by molar-refractivity contribution is 0.148. The minimum atomic E-state index is -1.40. The van der Waals surface area contributed by atoms with E-state index in [0.717, 1.165) is 13.2 Å². The molecular formula is C12H30N2OSi. The largest absolute Gasteiger partial charge is 0.415 e. The Morgan fingerprint density at radius 1 is 1.06 bits per heavy atom. The Hall–Kier alpha value is 0.0969. The molecule has 0 aliphatic rings. The van der Waals surface area contributed by atoms with E-state index in [0.29, 0.717) is 6.04 Å². The van der Waals surface area contributed by atoms with Crippen LogP contribution in [0.4, 0.5) is 0 Å². The molecule has 0 N–H and O–H groups in total. The zero-order valence-electron chi connectivity index (χ0n) is 12.2. The molecular weight excluding hydrogens is 216 g/mol. The molecule has 3 nitrogen and oxygen atoms in total. The maximum absolute atomic E-state index is 6.22. The summed E-state index contributed by atoms with van der Waals surface area (Å²) in [5.41, 5.74) is 0. The number of nitrogens with zero attached hydrogens (tertiary/aromatic N) is 2. The van der Waals surface area contributed by atoms with E-state index in [1.165, 1.54) is 12.1 Å². The van der Waals surface area contributed by atoms with Crippen LogP contribution < -0.4 is 0 Å². The third kappa shape index (κ3) is 5.99. The van der Waals surface area contributed by atoms with Crippen LogP contribution in [0.15, 0.2) is 0 Å². The maximum atomic E-state index is 6.22. The van der Waals surface area contributed by atoms with Gasteiger partial charge in [-0.25, -0.2) is 0 Å². The summed E-state index contributed by atoms with van der Waals surface area (Å²) in [7, 11) is 7.10. The molecule has 0 aromatic rings. The molecule has 0 saturated carbocycles. The van der Waals surface area contributed by atoms with E-state index in [4.69, 9.17) is 4.43 Å². The van der Waals surface area contributed by atoms with Gasteiger partial charge in [0.25, 0.3) is 0 Å². The summed E-state index contributed by atoms with van der Waals surface area (Å²) in [6.07, 6.45) is 0. The first-order valence-electron chi connectivity index (χ1n) is 6.29. The zero-order valence-corrected chi connectivity index (χ0v) is 13.2. The highest BCUT2D eigenvalue weighted by Gasteiger charge is 2.26. The lowest BCUT2D eigenvalue weighted by atomic mass is 10.3. The van der Waals surface area contributed by atoms with Crippen LogP contribution in [0, 0.1) is 0 Å². The van der Waals surface area contributed by atoms with Gasteiger partial charge in [-0.2, -0.15) is 0 Å². The van der Waals surface area contributed by atoms with Gasteiger partial charge in [-0.3, -0.25) is 0 Å². The molecule has 0 aliphatic carbocycles. The second kappa shape index (κ2) is 7.43. The van der Waals surface area contributed by atoms with Gasteiger partial charge in [0.05, 0.1) is 6.61 Å². The van der Waals surface area contributed by atoms with Gasteiger partial charge < -0.3 is 14.2 Å². The van der Waals surface area contributed by atoms with E-state index in [1.807, 2.05) is 0 Å². The molecule has 0 saturated heterocycles. The van der Waals surface area contributed by atoms with Gasteiger partial charge >= 0.3 is 0 Å². The van der Waals surface area contributed by atoms with Gasteiger partial charge in [0.1, 0.15) is 0 Å². The molecule has 4 heteroatoms. The van der Waals surface area contributed by atoms with Crippen molar-refractivity contribution in [2.45, 2.75) is 38.5 Å². The third-order valence-corrected chi connectivity index (χ3v) is 7.28. The Morgan fingerprint density at radius 3 is 1.88 bits per heavy atom. The summed E-state index contributed by atoms with van der Waals surface area (Å²) in [4.78, 5) is 4.49. The fourth-order valence-electron chi connectivity index (χ4n) is 1.54. The quantitative estimate of drug-likeness (QED) is 0.610. The average molecular weight is 246 g/mol. The minimum absolute atomic E-state index is 0.500. The monoisotopic (exact) mass is 246 g/mol. The molecule has 0 fully saturated rings. The molecule has 0 rings (SSSR count). The summed E-state index contributed by atoms with van der Waals surface area (Å²) >= 11 is 0. The van der Waals surface area contributed by atoms with Crippen molar-refractivity contribution >= 4 is 8.32 Å². The van der Waals surface area contributed by atoms with Crippen LogP contribution >= 0.6 is 0 Å². The van der Waals surface area contributed by atoms with Gasteiger partial charge in [-0.1, -0.05) is 13.8 Å². The van der Waals surface area contributed by atoms with Crippen LogP contribution in [0.1, 0.15) is 13.8 Å². The first-order chi connectivity index (χ1) is 7.34. The van der Waals surface area contributed by atoms with Gasteiger partial charge in [0.2, 0.25) is 0 Å². The molecule has 0 amide bonds. The SMILES string of the molecule is CC[Si](C)(CC)OCC(CN(C)C)N(C)C. The van der Waals surface area contributed by atoms with Crippen LogP contribution in [0.25, 0.3) is 0 Å². The number of rotatable bonds is 8. The Morgan fingerprint density at radius 2 is 1.56 bits per heavy atom. The fraction of sp³-hybridized carbons (Fsp3) is 1.00. The molecule has 98 valence electrons. The molecule has 0 heterocycles. The van der Waals surface area contributed by atoms with Crippen LogP contribution in [-0.2, 0) is 4.43 Å². The first kappa shape index (κ1) is 16.1. The second-order valence-corrected chi connectivity index (χ2v) is 9.95. The van der Waals surface area contributed by atoms with Crippen molar-refractivity contribution in [1.29, 1.82) is 0 Å². The molecule has 0 radical (unpaired) electrons. The molecule has 0 aromatic heterocycles. The smallest absolute Gasteiger partial charge is 0.189 e. The van der Waals surface area contributed by atoms with Gasteiger partial charge in [-0.15, -0.1) is 0 Å². The van der Waals surface area contributed by atoms with Crippen molar-refractivity contribution < 1.29 is 4.43 Å². The van der Waals surface area contributed by atoms with Crippen LogP contribution in [0.3, 0.4) is 0 Å². The van der Waals surface area contributed by atoms with E-state index in [1.54, 1.807) is 0 Å². The molecule has 0 aliphatic heterocycles. The van der Waals surface area contributed by atoms with Crippen LogP contribution in [0.2, 0.25) is 18.6 Å². The van der Waals surface area contributed by atoms with Crippen molar-refractivity contribution in [2.24, 2.45) is 0 Å². The summed E-state index contributed by atoms with van der Waals surface area (Å²) in [5, 5.41) is 0. The first-order valence-corrected chi connectivity index (χ1v) is 9.12. The van der Waals surface area contributed by atoms with Crippen molar-refractivity contribution in [3.8, 4) is 0 Å². The normalized spacial score (nSPS) is 14.8. The fourth-order valence-corrected chi connectivity index (χ4v) is 3.04. The highest BCUT2D eigenvalue weighted by atomic mass is 28.4. The lowest BCUT2D eigenvalue weighted by Crippen LogP contribution is -2.44. The maximum Gasteiger partial charge on any atom is 0.189 e. The minimum Gasteiger partial charge on any atom is -0.415 e. The average Bonchev–Trinajstić information content (AvgIpc) is 2.23. The van der Waals surface area contributed by atoms with Crippen molar-refractivity contribution in [1.82, 2.24) is 9.80 Å². The summed E-state index contributed by atoms with van der Waals surface area (Å²) in [6.45, 7) is 8.79. The molecule has 1 unspecified atom stereocenters. The van der Waals surface area contributed by atoms with Crippen molar-refractivity contribution in [2.75, 3.05) is 41.3 Å². The van der Waals surface area contributed by atoms with E-state index >= 15 is 0 Å². The standard InChI is InChI=1S/C12H30N2OSi/c1-8-16(7,9-2)15-11-12(14(5)6)10-13(3)4/h12H,8-11H2,1-7H3. The van der Waals surface area contributed by atoms with E-state index in [9.17, 15) is 0 Å². The molecule has 16 heavy (non-hydrogen) atoms. The Balaban J connectivity index is 4.20. The molecule has 0 bridgehead atoms. The number of likely N-dealkylation sites (N-methyl/N-ethyl adjacent to an activating group) is 2.